The molecule has 4 heteroatoms. The van der Waals surface area contributed by atoms with Gasteiger partial charge in [0.2, 0.25) is 0 Å². The van der Waals surface area contributed by atoms with Gasteiger partial charge in [-0.15, -0.1) is 11.3 Å². The molecule has 0 aromatic carbocycles. The minimum absolute atomic E-state index is 0.169. The quantitative estimate of drug-likeness (QED) is 0.737. The molecule has 0 bridgehead atoms. The van der Waals surface area contributed by atoms with Crippen LogP contribution in [-0.4, -0.2) is 18.4 Å². The predicted molar refractivity (Wildman–Crippen MR) is 67.3 cm³/mol. The molecule has 88 valence electrons. The zero-order chi connectivity index (χ0) is 12.2. The molecule has 0 N–H and O–H groups in total. The second kappa shape index (κ2) is 5.25. The van der Waals surface area contributed by atoms with Crippen molar-refractivity contribution < 1.29 is 9.53 Å². The molecule has 3 nitrogen and oxygen atoms in total. The van der Waals surface area contributed by atoms with Gasteiger partial charge in [0.1, 0.15) is 0 Å². The first kappa shape index (κ1) is 12.9. The Balaban J connectivity index is 3.02. The third-order valence-electron chi connectivity index (χ3n) is 1.94. The molecule has 1 heterocycles. The monoisotopic (exact) mass is 239 g/mol. The second-order valence-corrected chi connectivity index (χ2v) is 5.33. The largest absolute Gasteiger partial charge is 0.448 e. The maximum atomic E-state index is 11.4. The normalized spacial score (nSPS) is 12.6. The van der Waals surface area contributed by atoms with Crippen LogP contribution in [0.4, 0.5) is 4.79 Å². The van der Waals surface area contributed by atoms with Crippen molar-refractivity contribution in [3.05, 3.63) is 22.4 Å². The highest BCUT2D eigenvalue weighted by molar-refractivity contribution is 7.12. The Bertz CT molecular complexity index is 374. The number of aliphatic imine (C=N–C) groups is 1. The van der Waals surface area contributed by atoms with Crippen molar-refractivity contribution >= 4 is 23.1 Å². The van der Waals surface area contributed by atoms with E-state index in [1.54, 1.807) is 18.3 Å². The van der Waals surface area contributed by atoms with Gasteiger partial charge < -0.3 is 4.74 Å². The lowest BCUT2D eigenvalue weighted by Gasteiger charge is -2.19. The summed E-state index contributed by atoms with van der Waals surface area (Å²) in [5, 5.41) is 1.97. The van der Waals surface area contributed by atoms with Crippen LogP contribution < -0.4 is 0 Å². The Labute approximate surface area is 100 Å². The van der Waals surface area contributed by atoms with E-state index in [1.165, 1.54) is 0 Å². The van der Waals surface area contributed by atoms with Gasteiger partial charge >= 0.3 is 6.09 Å². The van der Waals surface area contributed by atoms with Crippen LogP contribution >= 0.6 is 11.3 Å². The van der Waals surface area contributed by atoms with Crippen LogP contribution in [0, 0.1) is 5.41 Å². The van der Waals surface area contributed by atoms with Crippen molar-refractivity contribution in [3.63, 3.8) is 0 Å². The van der Waals surface area contributed by atoms with Gasteiger partial charge in [0.25, 0.3) is 0 Å². The molecule has 0 atom stereocenters. The van der Waals surface area contributed by atoms with Gasteiger partial charge in [-0.2, -0.15) is 4.99 Å². The minimum Gasteiger partial charge on any atom is -0.448 e. The van der Waals surface area contributed by atoms with Crippen molar-refractivity contribution in [1.82, 2.24) is 0 Å². The summed E-state index contributed by atoms with van der Waals surface area (Å²) in [5.74, 6) is 0. The van der Waals surface area contributed by atoms with Gasteiger partial charge in [0.05, 0.1) is 12.3 Å². The van der Waals surface area contributed by atoms with Crippen molar-refractivity contribution in [3.8, 4) is 0 Å². The highest BCUT2D eigenvalue weighted by Gasteiger charge is 2.23. The number of ether oxygens (including phenoxy) is 1. The summed E-state index contributed by atoms with van der Waals surface area (Å²) >= 11 is 1.58. The molecule has 0 aliphatic rings. The Hall–Kier alpha value is -1.16. The van der Waals surface area contributed by atoms with Crippen LogP contribution in [0.2, 0.25) is 0 Å². The highest BCUT2D eigenvalue weighted by Crippen LogP contribution is 2.25. The van der Waals surface area contributed by atoms with E-state index >= 15 is 0 Å². The second-order valence-electron chi connectivity index (χ2n) is 4.39. The fourth-order valence-corrected chi connectivity index (χ4v) is 2.18. The lowest BCUT2D eigenvalue weighted by atomic mass is 9.89. The fraction of sp³-hybridized carbons (Fsp3) is 0.500. The first-order valence-electron chi connectivity index (χ1n) is 5.25. The summed E-state index contributed by atoms with van der Waals surface area (Å²) < 4.78 is 4.84. The molecule has 0 spiro atoms. The van der Waals surface area contributed by atoms with Gasteiger partial charge in [-0.25, -0.2) is 4.79 Å². The van der Waals surface area contributed by atoms with Crippen molar-refractivity contribution in [2.24, 2.45) is 10.4 Å². The summed E-state index contributed by atoms with van der Waals surface area (Å²) in [7, 11) is 0. The van der Waals surface area contributed by atoms with Crippen LogP contribution in [0.3, 0.4) is 0 Å². The Morgan fingerprint density at radius 2 is 2.19 bits per heavy atom. The average Bonchev–Trinajstić information content (AvgIpc) is 2.65. The Kier molecular flexibility index (Phi) is 4.24. The summed E-state index contributed by atoms with van der Waals surface area (Å²) in [4.78, 5) is 16.5. The summed E-state index contributed by atoms with van der Waals surface area (Å²) in [6.45, 7) is 8.22. The third-order valence-corrected chi connectivity index (χ3v) is 2.81. The lowest BCUT2D eigenvalue weighted by Crippen LogP contribution is -2.22. The molecule has 1 amide bonds. The Morgan fingerprint density at radius 1 is 1.50 bits per heavy atom. The van der Waals surface area contributed by atoms with Crippen LogP contribution in [0.15, 0.2) is 22.5 Å². The fourth-order valence-electron chi connectivity index (χ4n) is 1.25. The first-order chi connectivity index (χ1) is 7.45. The van der Waals surface area contributed by atoms with Gasteiger partial charge in [0, 0.05) is 10.3 Å². The van der Waals surface area contributed by atoms with E-state index in [0.29, 0.717) is 6.61 Å². The van der Waals surface area contributed by atoms with E-state index in [9.17, 15) is 4.79 Å². The van der Waals surface area contributed by atoms with Gasteiger partial charge in [0.15, 0.2) is 0 Å². The molecular formula is C12H17NO2S. The molecule has 0 aliphatic heterocycles. The van der Waals surface area contributed by atoms with Crippen LogP contribution in [0.1, 0.15) is 32.6 Å². The smallest absolute Gasteiger partial charge is 0.433 e. The van der Waals surface area contributed by atoms with Gasteiger partial charge in [-0.3, -0.25) is 0 Å². The average molecular weight is 239 g/mol. The first-order valence-corrected chi connectivity index (χ1v) is 6.13. The van der Waals surface area contributed by atoms with Crippen LogP contribution in [0.5, 0.6) is 0 Å². The number of rotatable bonds is 2. The van der Waals surface area contributed by atoms with E-state index in [4.69, 9.17) is 4.74 Å². The van der Waals surface area contributed by atoms with Crippen LogP contribution in [-0.2, 0) is 4.74 Å². The lowest BCUT2D eigenvalue weighted by molar-refractivity contribution is 0.163. The number of carbonyl (C=O) groups is 1. The van der Waals surface area contributed by atoms with E-state index in [1.807, 2.05) is 38.3 Å². The number of hydrogen-bond acceptors (Lipinski definition) is 3. The number of amides is 1. The van der Waals surface area contributed by atoms with Crippen LogP contribution in [0.25, 0.3) is 0 Å². The highest BCUT2D eigenvalue weighted by atomic mass is 32.1. The number of hydrogen-bond donors (Lipinski definition) is 0. The molecule has 16 heavy (non-hydrogen) atoms. The van der Waals surface area contributed by atoms with Gasteiger partial charge in [-0.05, 0) is 18.4 Å². The third kappa shape index (κ3) is 3.45. The summed E-state index contributed by atoms with van der Waals surface area (Å²) in [5.41, 5.74) is 0.610. The molecule has 1 aromatic rings. The van der Waals surface area contributed by atoms with Crippen molar-refractivity contribution in [1.29, 1.82) is 0 Å². The van der Waals surface area contributed by atoms with Crippen molar-refractivity contribution in [2.75, 3.05) is 6.61 Å². The molecular weight excluding hydrogens is 222 g/mol. The number of carbonyl (C=O) groups excluding carboxylic acids is 1. The predicted octanol–water partition coefficient (Wildman–Crippen LogP) is 3.74. The summed E-state index contributed by atoms with van der Waals surface area (Å²) in [6, 6.07) is 3.92. The van der Waals surface area contributed by atoms with E-state index in [0.717, 1.165) is 10.6 Å². The number of thiophene rings is 1. The van der Waals surface area contributed by atoms with Crippen molar-refractivity contribution in [2.45, 2.75) is 27.7 Å². The molecule has 0 saturated heterocycles. The molecule has 0 unspecified atom stereocenters. The zero-order valence-corrected chi connectivity index (χ0v) is 10.9. The zero-order valence-electron chi connectivity index (χ0n) is 10.1. The molecule has 1 aromatic heterocycles. The molecule has 1 rings (SSSR count). The minimum atomic E-state index is -0.513. The maximum Gasteiger partial charge on any atom is 0.433 e. The molecule has 0 radical (unpaired) electrons. The van der Waals surface area contributed by atoms with Gasteiger partial charge in [-0.1, -0.05) is 26.8 Å². The van der Waals surface area contributed by atoms with E-state index < -0.39 is 6.09 Å². The molecule has 0 saturated carbocycles. The Morgan fingerprint density at radius 3 is 2.62 bits per heavy atom. The van der Waals surface area contributed by atoms with E-state index in [-0.39, 0.29) is 5.41 Å². The van der Waals surface area contributed by atoms with E-state index in [2.05, 4.69) is 4.99 Å². The topological polar surface area (TPSA) is 38.7 Å². The molecule has 0 fully saturated rings. The number of nitrogens with zero attached hydrogens (tertiary/aromatic N) is 1. The SMILES string of the molecule is CCOC(=O)/N=C(\c1cccs1)C(C)(C)C. The maximum absolute atomic E-state index is 11.4. The summed E-state index contributed by atoms with van der Waals surface area (Å²) in [6.07, 6.45) is -0.513. The standard InChI is InChI=1S/C12H17NO2S/c1-5-15-11(14)13-10(12(2,3)4)9-7-6-8-16-9/h6-8H,5H2,1-4H3/b13-10+. The molecule has 0 aliphatic carbocycles.